The normalized spacial score (nSPS) is 19.1. The Balaban J connectivity index is 2.20. The minimum atomic E-state index is -1.67. The predicted octanol–water partition coefficient (Wildman–Crippen LogP) is 17.6. The highest BCUT2D eigenvalue weighted by Gasteiger charge is 2.44. The lowest BCUT2D eigenvalue weighted by atomic mass is 9.98. The van der Waals surface area contributed by atoms with Crippen molar-refractivity contribution in [3.63, 3.8) is 0 Å². The second-order valence-electron chi connectivity index (χ2n) is 25.7. The molecule has 0 radical (unpaired) electrons. The zero-order valence-corrected chi connectivity index (χ0v) is 54.5. The molecule has 1 amide bonds. The van der Waals surface area contributed by atoms with Crippen LogP contribution < -0.4 is 5.32 Å². The van der Waals surface area contributed by atoms with Crippen molar-refractivity contribution in [1.29, 1.82) is 0 Å². The SMILES string of the molecule is CCCCCCCCCCCCCCCCCC/C=C/CC/C=C/CCCC(O)C(O)C(COC1OC(CO)C(O)C(O)C1O)NC(=O)C(O)CCCCCCCCCCCCCCCCCCCCCCCCCCCCCCCCC. The van der Waals surface area contributed by atoms with Crippen molar-refractivity contribution >= 4 is 5.91 Å². The molecule has 0 spiro atoms. The Hall–Kier alpha value is -1.41. The fourth-order valence-corrected chi connectivity index (χ4v) is 11.9. The van der Waals surface area contributed by atoms with Gasteiger partial charge in [0.25, 0.3) is 0 Å². The van der Waals surface area contributed by atoms with Gasteiger partial charge in [-0.3, -0.25) is 4.79 Å². The Morgan fingerprint density at radius 3 is 1.07 bits per heavy atom. The smallest absolute Gasteiger partial charge is 0.249 e. The summed E-state index contributed by atoms with van der Waals surface area (Å²) in [5, 5.41) is 76.5. The molecule has 9 unspecified atom stereocenters. The van der Waals surface area contributed by atoms with Crippen molar-refractivity contribution in [3.05, 3.63) is 24.3 Å². The van der Waals surface area contributed by atoms with Crippen LogP contribution in [0.25, 0.3) is 0 Å². The molecule has 0 saturated carbocycles. The van der Waals surface area contributed by atoms with E-state index < -0.39 is 74.2 Å². The molecule has 1 rings (SSSR count). The molecule has 11 heteroatoms. The Bertz CT molecular complexity index is 1400. The second-order valence-corrected chi connectivity index (χ2v) is 25.7. The standard InChI is InChI=1S/C72H139NO10/c1-3-5-7-9-11-13-15-17-19-21-23-25-27-29-30-31-32-33-34-36-38-40-42-44-46-48-50-52-54-56-58-60-65(76)71(81)73-63(62-82-72-70(80)69(79)68(78)66(61-74)83-72)67(77)64(75)59-57-55-53-51-49-47-45-43-41-39-37-35-28-26-24-22-20-18-16-14-12-10-8-6-4-2/h43,45,51,53,63-70,72,74-80H,3-42,44,46-50,52,54-62H2,1-2H3,(H,73,81)/b45-43+,53-51+. The van der Waals surface area contributed by atoms with E-state index in [0.717, 1.165) is 38.5 Å². The molecule has 1 fully saturated rings. The van der Waals surface area contributed by atoms with Gasteiger partial charge in [0, 0.05) is 0 Å². The van der Waals surface area contributed by atoms with E-state index in [2.05, 4.69) is 43.5 Å². The van der Waals surface area contributed by atoms with E-state index in [1.165, 1.54) is 276 Å². The second kappa shape index (κ2) is 60.9. The molecule has 1 saturated heterocycles. The highest BCUT2D eigenvalue weighted by Crippen LogP contribution is 2.24. The number of hydrogen-bond acceptors (Lipinski definition) is 10. The third-order valence-electron chi connectivity index (χ3n) is 17.7. The molecule has 83 heavy (non-hydrogen) atoms. The van der Waals surface area contributed by atoms with Crippen molar-refractivity contribution in [2.45, 2.75) is 416 Å². The summed E-state index contributed by atoms with van der Waals surface area (Å²) >= 11 is 0. The molecular formula is C72H139NO10. The fourth-order valence-electron chi connectivity index (χ4n) is 11.9. The molecule has 0 aromatic rings. The van der Waals surface area contributed by atoms with Crippen LogP contribution >= 0.6 is 0 Å². The summed E-state index contributed by atoms with van der Waals surface area (Å²) in [6, 6.07) is -1.19. The quantitative estimate of drug-likeness (QED) is 0.0215. The summed E-state index contributed by atoms with van der Waals surface area (Å²) in [6.07, 6.45) is 65.6. The monoisotopic (exact) mass is 1180 g/mol. The van der Waals surface area contributed by atoms with Crippen LogP contribution in [0.3, 0.4) is 0 Å². The average molecular weight is 1180 g/mol. The Morgan fingerprint density at radius 1 is 0.410 bits per heavy atom. The molecular weight excluding hydrogens is 1040 g/mol. The van der Waals surface area contributed by atoms with Gasteiger partial charge in [0.05, 0.1) is 25.4 Å². The highest BCUT2D eigenvalue weighted by molar-refractivity contribution is 5.80. The van der Waals surface area contributed by atoms with E-state index in [9.17, 15) is 40.5 Å². The van der Waals surface area contributed by atoms with E-state index >= 15 is 0 Å². The van der Waals surface area contributed by atoms with Crippen LogP contribution in [0.4, 0.5) is 0 Å². The van der Waals surface area contributed by atoms with Gasteiger partial charge in [-0.15, -0.1) is 0 Å². The maximum atomic E-state index is 13.3. The van der Waals surface area contributed by atoms with Crippen LogP contribution in [0.15, 0.2) is 24.3 Å². The van der Waals surface area contributed by atoms with Crippen LogP contribution in [-0.4, -0.2) is 110 Å². The topological polar surface area (TPSA) is 189 Å². The van der Waals surface area contributed by atoms with Crippen molar-refractivity contribution in [2.75, 3.05) is 13.2 Å². The van der Waals surface area contributed by atoms with Gasteiger partial charge in [-0.25, -0.2) is 0 Å². The minimum Gasteiger partial charge on any atom is -0.394 e. The molecule has 9 atom stereocenters. The molecule has 0 aromatic heterocycles. The first-order valence-electron chi connectivity index (χ1n) is 36.2. The molecule has 492 valence electrons. The zero-order chi connectivity index (χ0) is 60.3. The third kappa shape index (κ3) is 48.2. The number of unbranched alkanes of at least 4 members (excludes halogenated alkanes) is 48. The molecule has 0 bridgehead atoms. The highest BCUT2D eigenvalue weighted by atomic mass is 16.7. The fraction of sp³-hybridized carbons (Fsp3) is 0.931. The molecule has 11 nitrogen and oxygen atoms in total. The molecule has 1 aliphatic heterocycles. The number of aliphatic hydroxyl groups excluding tert-OH is 7. The lowest BCUT2D eigenvalue weighted by Gasteiger charge is -2.40. The molecule has 0 aliphatic carbocycles. The summed E-state index contributed by atoms with van der Waals surface area (Å²) < 4.78 is 11.2. The van der Waals surface area contributed by atoms with E-state index in [4.69, 9.17) is 9.47 Å². The summed E-state index contributed by atoms with van der Waals surface area (Å²) in [5.74, 6) is -0.703. The van der Waals surface area contributed by atoms with Crippen molar-refractivity contribution in [1.82, 2.24) is 5.32 Å². The van der Waals surface area contributed by atoms with Gasteiger partial charge in [0.15, 0.2) is 6.29 Å². The Labute approximate surface area is 512 Å². The lowest BCUT2D eigenvalue weighted by Crippen LogP contribution is -2.60. The van der Waals surface area contributed by atoms with Gasteiger partial charge < -0.3 is 50.5 Å². The zero-order valence-electron chi connectivity index (χ0n) is 54.5. The van der Waals surface area contributed by atoms with Gasteiger partial charge in [-0.1, -0.05) is 334 Å². The molecule has 1 aliphatic rings. The molecule has 8 N–H and O–H groups in total. The summed E-state index contributed by atoms with van der Waals surface area (Å²) in [6.45, 7) is 3.50. The van der Waals surface area contributed by atoms with E-state index in [1.807, 2.05) is 0 Å². The van der Waals surface area contributed by atoms with Crippen LogP contribution in [0.1, 0.15) is 361 Å². The third-order valence-corrected chi connectivity index (χ3v) is 17.7. The van der Waals surface area contributed by atoms with Gasteiger partial charge in [0.1, 0.15) is 36.6 Å². The number of aliphatic hydroxyl groups is 7. The largest absolute Gasteiger partial charge is 0.394 e. The van der Waals surface area contributed by atoms with Crippen molar-refractivity contribution in [2.24, 2.45) is 0 Å². The number of rotatable bonds is 64. The Morgan fingerprint density at radius 2 is 0.723 bits per heavy atom. The summed E-state index contributed by atoms with van der Waals surface area (Å²) in [7, 11) is 0. The average Bonchev–Trinajstić information content (AvgIpc) is 3.68. The van der Waals surface area contributed by atoms with Gasteiger partial charge in [-0.05, 0) is 51.4 Å². The van der Waals surface area contributed by atoms with E-state index in [-0.39, 0.29) is 12.8 Å². The number of carbonyl (C=O) groups excluding carboxylic acids is 1. The first kappa shape index (κ1) is 79.6. The number of nitrogens with one attached hydrogen (secondary N) is 1. The van der Waals surface area contributed by atoms with Gasteiger partial charge in [0.2, 0.25) is 5.91 Å². The van der Waals surface area contributed by atoms with Crippen molar-refractivity contribution < 1.29 is 50.0 Å². The summed E-state index contributed by atoms with van der Waals surface area (Å²) in [4.78, 5) is 13.3. The first-order valence-corrected chi connectivity index (χ1v) is 36.2. The van der Waals surface area contributed by atoms with Crippen LogP contribution in [-0.2, 0) is 14.3 Å². The Kier molecular flexibility index (Phi) is 58.4. The molecule has 0 aromatic carbocycles. The maximum Gasteiger partial charge on any atom is 0.249 e. The number of ether oxygens (including phenoxy) is 2. The van der Waals surface area contributed by atoms with Crippen LogP contribution in [0.2, 0.25) is 0 Å². The number of carbonyl (C=O) groups is 1. The summed E-state index contributed by atoms with van der Waals surface area (Å²) in [5.41, 5.74) is 0. The van der Waals surface area contributed by atoms with E-state index in [0.29, 0.717) is 19.3 Å². The number of hydrogen-bond donors (Lipinski definition) is 8. The number of amides is 1. The number of allylic oxidation sites excluding steroid dienone is 4. The van der Waals surface area contributed by atoms with Crippen LogP contribution in [0, 0.1) is 0 Å². The van der Waals surface area contributed by atoms with Crippen molar-refractivity contribution in [3.8, 4) is 0 Å². The van der Waals surface area contributed by atoms with Gasteiger partial charge >= 0.3 is 0 Å². The lowest BCUT2D eigenvalue weighted by molar-refractivity contribution is -0.303. The molecule has 1 heterocycles. The van der Waals surface area contributed by atoms with Gasteiger partial charge in [-0.2, -0.15) is 0 Å². The first-order chi connectivity index (χ1) is 40.7. The minimum absolute atomic E-state index is 0.249. The van der Waals surface area contributed by atoms with Crippen LogP contribution in [0.5, 0.6) is 0 Å². The maximum absolute atomic E-state index is 13.3. The predicted molar refractivity (Wildman–Crippen MR) is 349 cm³/mol. The van der Waals surface area contributed by atoms with E-state index in [1.54, 1.807) is 0 Å².